The van der Waals surface area contributed by atoms with Crippen LogP contribution < -0.4 is 5.32 Å². The SMILES string of the molecule is CC(c1ccsc1)n1cncc1CCNC(=O)OC(C)(C)C. The maximum absolute atomic E-state index is 11.6. The average Bonchev–Trinajstić information content (AvgIpc) is 3.07. The fourth-order valence-electron chi connectivity index (χ4n) is 2.15. The van der Waals surface area contributed by atoms with Crippen LogP contribution in [0.25, 0.3) is 0 Å². The smallest absolute Gasteiger partial charge is 0.407 e. The fourth-order valence-corrected chi connectivity index (χ4v) is 2.90. The van der Waals surface area contributed by atoms with Crippen LogP contribution in [0.15, 0.2) is 29.4 Å². The molecule has 0 spiro atoms. The van der Waals surface area contributed by atoms with Crippen LogP contribution in [0.3, 0.4) is 0 Å². The lowest BCUT2D eigenvalue weighted by molar-refractivity contribution is 0.0528. The fraction of sp³-hybridized carbons (Fsp3) is 0.500. The van der Waals surface area contributed by atoms with Gasteiger partial charge in [0.25, 0.3) is 0 Å². The first-order valence-corrected chi connectivity index (χ1v) is 8.31. The predicted octanol–water partition coefficient (Wildman–Crippen LogP) is 3.62. The molecule has 0 aliphatic carbocycles. The minimum atomic E-state index is -0.473. The Kier molecular flexibility index (Phi) is 5.24. The van der Waals surface area contributed by atoms with E-state index in [0.29, 0.717) is 13.0 Å². The summed E-state index contributed by atoms with van der Waals surface area (Å²) in [6.07, 6.45) is 4.02. The number of carbonyl (C=O) groups is 1. The first kappa shape index (κ1) is 16.5. The molecule has 0 aliphatic heterocycles. The Hall–Kier alpha value is -1.82. The quantitative estimate of drug-likeness (QED) is 0.915. The third-order valence-corrected chi connectivity index (χ3v) is 3.94. The van der Waals surface area contributed by atoms with E-state index < -0.39 is 5.60 Å². The summed E-state index contributed by atoms with van der Waals surface area (Å²) in [5, 5.41) is 7.00. The van der Waals surface area contributed by atoms with Crippen molar-refractivity contribution in [1.82, 2.24) is 14.9 Å². The van der Waals surface area contributed by atoms with Crippen molar-refractivity contribution in [2.75, 3.05) is 6.54 Å². The zero-order valence-corrected chi connectivity index (χ0v) is 14.3. The topological polar surface area (TPSA) is 56.2 Å². The van der Waals surface area contributed by atoms with E-state index in [4.69, 9.17) is 4.74 Å². The molecule has 2 aromatic rings. The Labute approximate surface area is 135 Å². The Bertz CT molecular complexity index is 599. The molecule has 22 heavy (non-hydrogen) atoms. The normalized spacial score (nSPS) is 12.9. The van der Waals surface area contributed by atoms with Gasteiger partial charge in [0.15, 0.2) is 0 Å². The van der Waals surface area contributed by atoms with E-state index in [-0.39, 0.29) is 12.1 Å². The summed E-state index contributed by atoms with van der Waals surface area (Å²) in [6.45, 7) is 8.23. The van der Waals surface area contributed by atoms with Gasteiger partial charge in [-0.3, -0.25) is 0 Å². The number of amides is 1. The van der Waals surface area contributed by atoms with Gasteiger partial charge in [0.05, 0.1) is 12.4 Å². The number of nitrogens with zero attached hydrogens (tertiary/aromatic N) is 2. The van der Waals surface area contributed by atoms with Crippen molar-refractivity contribution in [3.8, 4) is 0 Å². The molecule has 2 aromatic heterocycles. The lowest BCUT2D eigenvalue weighted by Gasteiger charge is -2.20. The van der Waals surface area contributed by atoms with Crippen LogP contribution >= 0.6 is 11.3 Å². The number of nitrogens with one attached hydrogen (secondary N) is 1. The van der Waals surface area contributed by atoms with Crippen molar-refractivity contribution in [3.05, 3.63) is 40.6 Å². The van der Waals surface area contributed by atoms with Crippen molar-refractivity contribution >= 4 is 17.4 Å². The molecule has 6 heteroatoms. The number of thiophene rings is 1. The number of alkyl carbamates (subject to hydrolysis) is 1. The Morgan fingerprint density at radius 3 is 2.91 bits per heavy atom. The second kappa shape index (κ2) is 6.96. The third kappa shape index (κ3) is 4.59. The molecular formula is C16H23N3O2S. The molecule has 5 nitrogen and oxygen atoms in total. The molecule has 1 N–H and O–H groups in total. The molecule has 0 saturated carbocycles. The summed E-state index contributed by atoms with van der Waals surface area (Å²) < 4.78 is 7.36. The van der Waals surface area contributed by atoms with Crippen molar-refractivity contribution in [1.29, 1.82) is 0 Å². The Morgan fingerprint density at radius 1 is 1.50 bits per heavy atom. The van der Waals surface area contributed by atoms with Gasteiger partial charge < -0.3 is 14.6 Å². The van der Waals surface area contributed by atoms with Gasteiger partial charge >= 0.3 is 6.09 Å². The summed E-state index contributed by atoms with van der Waals surface area (Å²) in [5.41, 5.74) is 1.89. The Morgan fingerprint density at radius 2 is 2.27 bits per heavy atom. The van der Waals surface area contributed by atoms with Gasteiger partial charge in [0.1, 0.15) is 5.60 Å². The third-order valence-electron chi connectivity index (χ3n) is 3.24. The zero-order valence-electron chi connectivity index (χ0n) is 13.5. The Balaban J connectivity index is 1.90. The molecule has 1 atom stereocenters. The maximum atomic E-state index is 11.6. The van der Waals surface area contributed by atoms with Crippen LogP contribution in [0.5, 0.6) is 0 Å². The highest BCUT2D eigenvalue weighted by atomic mass is 32.1. The minimum Gasteiger partial charge on any atom is -0.444 e. The largest absolute Gasteiger partial charge is 0.444 e. The van der Waals surface area contributed by atoms with Gasteiger partial charge in [-0.05, 0) is 50.1 Å². The molecule has 2 rings (SSSR count). The van der Waals surface area contributed by atoms with Crippen LogP contribution in [0.2, 0.25) is 0 Å². The van der Waals surface area contributed by atoms with E-state index in [0.717, 1.165) is 5.69 Å². The lowest BCUT2D eigenvalue weighted by Crippen LogP contribution is -2.33. The van der Waals surface area contributed by atoms with Crippen molar-refractivity contribution < 1.29 is 9.53 Å². The van der Waals surface area contributed by atoms with Crippen LogP contribution in [0.4, 0.5) is 4.79 Å². The number of ether oxygens (including phenoxy) is 1. The molecule has 0 bridgehead atoms. The zero-order chi connectivity index (χ0) is 16.2. The second-order valence-electron chi connectivity index (χ2n) is 6.20. The molecule has 0 fully saturated rings. The van der Waals surface area contributed by atoms with Gasteiger partial charge in [0.2, 0.25) is 0 Å². The van der Waals surface area contributed by atoms with Crippen molar-refractivity contribution in [2.45, 2.75) is 45.8 Å². The highest BCUT2D eigenvalue weighted by molar-refractivity contribution is 7.07. The van der Waals surface area contributed by atoms with E-state index in [2.05, 4.69) is 38.6 Å². The molecule has 0 aromatic carbocycles. The second-order valence-corrected chi connectivity index (χ2v) is 6.98. The van der Waals surface area contributed by atoms with Crippen LogP contribution in [-0.4, -0.2) is 27.8 Å². The van der Waals surface area contributed by atoms with E-state index in [9.17, 15) is 4.79 Å². The molecule has 1 unspecified atom stereocenters. The summed E-state index contributed by atoms with van der Waals surface area (Å²) >= 11 is 1.69. The van der Waals surface area contributed by atoms with E-state index in [1.807, 2.05) is 33.3 Å². The highest BCUT2D eigenvalue weighted by Crippen LogP contribution is 2.21. The molecule has 0 aliphatic rings. The molecular weight excluding hydrogens is 298 g/mol. The highest BCUT2D eigenvalue weighted by Gasteiger charge is 2.16. The maximum Gasteiger partial charge on any atom is 0.407 e. The van der Waals surface area contributed by atoms with Crippen molar-refractivity contribution in [2.24, 2.45) is 0 Å². The molecule has 120 valence electrons. The van der Waals surface area contributed by atoms with Crippen LogP contribution in [0, 0.1) is 0 Å². The van der Waals surface area contributed by atoms with Gasteiger partial charge in [-0.15, -0.1) is 0 Å². The van der Waals surface area contributed by atoms with E-state index in [1.54, 1.807) is 11.3 Å². The van der Waals surface area contributed by atoms with Crippen LogP contribution in [0.1, 0.15) is 45.0 Å². The van der Waals surface area contributed by atoms with Crippen molar-refractivity contribution in [3.63, 3.8) is 0 Å². The predicted molar refractivity (Wildman–Crippen MR) is 88.3 cm³/mol. The summed E-state index contributed by atoms with van der Waals surface area (Å²) in [6, 6.07) is 2.36. The number of hydrogen-bond donors (Lipinski definition) is 1. The molecule has 0 saturated heterocycles. The van der Waals surface area contributed by atoms with Crippen LogP contribution in [-0.2, 0) is 11.2 Å². The number of aromatic nitrogens is 2. The number of imidazole rings is 1. The number of carbonyl (C=O) groups excluding carboxylic acids is 1. The van der Waals surface area contributed by atoms with Gasteiger partial charge in [-0.2, -0.15) is 11.3 Å². The summed E-state index contributed by atoms with van der Waals surface area (Å²) in [7, 11) is 0. The minimum absolute atomic E-state index is 0.241. The average molecular weight is 321 g/mol. The molecule has 0 radical (unpaired) electrons. The number of rotatable bonds is 5. The first-order valence-electron chi connectivity index (χ1n) is 7.36. The van der Waals surface area contributed by atoms with Gasteiger partial charge in [-0.1, -0.05) is 0 Å². The lowest BCUT2D eigenvalue weighted by atomic mass is 10.1. The standard InChI is InChI=1S/C16H23N3O2S/c1-12(13-6-8-22-10-13)19-11-17-9-14(19)5-7-18-15(20)21-16(2,3)4/h6,8-12H,5,7H2,1-4H3,(H,18,20). The summed E-state index contributed by atoms with van der Waals surface area (Å²) in [5.74, 6) is 0. The van der Waals surface area contributed by atoms with Gasteiger partial charge in [-0.25, -0.2) is 9.78 Å². The van der Waals surface area contributed by atoms with E-state index in [1.165, 1.54) is 5.56 Å². The molecule has 2 heterocycles. The monoisotopic (exact) mass is 321 g/mol. The first-order chi connectivity index (χ1) is 10.4. The van der Waals surface area contributed by atoms with Gasteiger partial charge in [0, 0.05) is 24.9 Å². The van der Waals surface area contributed by atoms with E-state index >= 15 is 0 Å². The summed E-state index contributed by atoms with van der Waals surface area (Å²) in [4.78, 5) is 15.9. The number of hydrogen-bond acceptors (Lipinski definition) is 4. The molecule has 1 amide bonds.